The van der Waals surface area contributed by atoms with Gasteiger partial charge in [0.25, 0.3) is 0 Å². The standard InChI is InChI=1S/C20H28N4O.HI/c1-20(2,16-8-7-10-18(14-16)25-4)15-24-19(21-3)23-13-11-17-9-5-6-12-22-17;/h5-10,12,14H,11,13,15H2,1-4H3,(H2,21,23,24);1H. The molecule has 142 valence electrons. The topological polar surface area (TPSA) is 58.5 Å². The summed E-state index contributed by atoms with van der Waals surface area (Å²) in [6.07, 6.45) is 2.68. The Kier molecular flexibility index (Phi) is 9.40. The van der Waals surface area contributed by atoms with Crippen LogP contribution in [0, 0.1) is 0 Å². The lowest BCUT2D eigenvalue weighted by atomic mass is 9.84. The molecule has 0 radical (unpaired) electrons. The first kappa shape index (κ1) is 22.2. The zero-order chi connectivity index (χ0) is 18.1. The molecule has 0 unspecified atom stereocenters. The van der Waals surface area contributed by atoms with Crippen LogP contribution in [-0.4, -0.2) is 38.2 Å². The zero-order valence-corrected chi connectivity index (χ0v) is 18.3. The fourth-order valence-electron chi connectivity index (χ4n) is 2.53. The second-order valence-electron chi connectivity index (χ2n) is 6.54. The SMILES string of the molecule is CN=C(NCCc1ccccn1)NCC(C)(C)c1cccc(OC)c1.I. The van der Waals surface area contributed by atoms with Crippen LogP contribution in [-0.2, 0) is 11.8 Å². The molecule has 2 aromatic rings. The van der Waals surface area contributed by atoms with E-state index in [9.17, 15) is 0 Å². The molecule has 0 aliphatic heterocycles. The summed E-state index contributed by atoms with van der Waals surface area (Å²) < 4.78 is 5.33. The van der Waals surface area contributed by atoms with Crippen LogP contribution in [0.2, 0.25) is 0 Å². The van der Waals surface area contributed by atoms with Crippen LogP contribution in [0.4, 0.5) is 0 Å². The summed E-state index contributed by atoms with van der Waals surface area (Å²) in [6.45, 7) is 5.96. The van der Waals surface area contributed by atoms with Crippen LogP contribution in [0.15, 0.2) is 53.7 Å². The first-order chi connectivity index (χ1) is 12.0. The highest BCUT2D eigenvalue weighted by molar-refractivity contribution is 14.0. The van der Waals surface area contributed by atoms with E-state index >= 15 is 0 Å². The Morgan fingerprint density at radius 1 is 1.15 bits per heavy atom. The van der Waals surface area contributed by atoms with Crippen LogP contribution >= 0.6 is 24.0 Å². The molecule has 0 amide bonds. The van der Waals surface area contributed by atoms with E-state index in [0.29, 0.717) is 0 Å². The molecule has 5 nitrogen and oxygen atoms in total. The summed E-state index contributed by atoms with van der Waals surface area (Å²) in [6, 6.07) is 14.2. The minimum Gasteiger partial charge on any atom is -0.497 e. The molecule has 1 aromatic carbocycles. The van der Waals surface area contributed by atoms with Crippen LogP contribution in [0.3, 0.4) is 0 Å². The number of aromatic nitrogens is 1. The number of methoxy groups -OCH3 is 1. The van der Waals surface area contributed by atoms with Crippen molar-refractivity contribution in [3.8, 4) is 5.75 Å². The molecular weight excluding hydrogens is 439 g/mol. The van der Waals surface area contributed by atoms with Crippen molar-refractivity contribution in [3.05, 3.63) is 59.9 Å². The van der Waals surface area contributed by atoms with Crippen molar-refractivity contribution in [1.82, 2.24) is 15.6 Å². The smallest absolute Gasteiger partial charge is 0.191 e. The summed E-state index contributed by atoms with van der Waals surface area (Å²) in [4.78, 5) is 8.63. The van der Waals surface area contributed by atoms with Gasteiger partial charge < -0.3 is 15.4 Å². The molecule has 0 atom stereocenters. The highest BCUT2D eigenvalue weighted by Crippen LogP contribution is 2.25. The number of hydrogen-bond donors (Lipinski definition) is 2. The molecule has 0 aliphatic carbocycles. The van der Waals surface area contributed by atoms with Crippen molar-refractivity contribution in [2.75, 3.05) is 27.2 Å². The Morgan fingerprint density at radius 3 is 2.62 bits per heavy atom. The maximum Gasteiger partial charge on any atom is 0.191 e. The largest absolute Gasteiger partial charge is 0.497 e. The molecule has 6 heteroatoms. The minimum absolute atomic E-state index is 0. The molecule has 0 spiro atoms. The summed E-state index contributed by atoms with van der Waals surface area (Å²) >= 11 is 0. The average Bonchev–Trinajstić information content (AvgIpc) is 2.65. The molecule has 1 heterocycles. The Bertz CT molecular complexity index is 689. The van der Waals surface area contributed by atoms with E-state index in [1.807, 2.05) is 36.5 Å². The van der Waals surface area contributed by atoms with Crippen molar-refractivity contribution < 1.29 is 4.74 Å². The van der Waals surface area contributed by atoms with Gasteiger partial charge in [-0.15, -0.1) is 24.0 Å². The summed E-state index contributed by atoms with van der Waals surface area (Å²) in [5.74, 6) is 1.68. The number of aliphatic imine (C=N–C) groups is 1. The number of guanidine groups is 1. The molecule has 2 N–H and O–H groups in total. The van der Waals surface area contributed by atoms with Gasteiger partial charge >= 0.3 is 0 Å². The molecule has 0 fully saturated rings. The average molecular weight is 468 g/mol. The molecule has 0 saturated heterocycles. The lowest BCUT2D eigenvalue weighted by molar-refractivity contribution is 0.411. The molecule has 1 aromatic heterocycles. The van der Waals surface area contributed by atoms with Gasteiger partial charge in [0.05, 0.1) is 7.11 Å². The van der Waals surface area contributed by atoms with Gasteiger partial charge in [0.1, 0.15) is 5.75 Å². The summed E-state index contributed by atoms with van der Waals surface area (Å²) in [7, 11) is 3.48. The van der Waals surface area contributed by atoms with Crippen molar-refractivity contribution in [1.29, 1.82) is 0 Å². The Morgan fingerprint density at radius 2 is 1.96 bits per heavy atom. The van der Waals surface area contributed by atoms with E-state index in [1.165, 1.54) is 5.56 Å². The third kappa shape index (κ3) is 6.82. The van der Waals surface area contributed by atoms with Crippen LogP contribution in [0.1, 0.15) is 25.1 Å². The number of pyridine rings is 1. The summed E-state index contributed by atoms with van der Waals surface area (Å²) in [5.41, 5.74) is 2.25. The number of nitrogens with one attached hydrogen (secondary N) is 2. The van der Waals surface area contributed by atoms with Crippen molar-refractivity contribution in [3.63, 3.8) is 0 Å². The van der Waals surface area contributed by atoms with Gasteiger partial charge in [0.15, 0.2) is 5.96 Å². The van der Waals surface area contributed by atoms with Gasteiger partial charge in [-0.05, 0) is 29.8 Å². The number of nitrogens with zero attached hydrogens (tertiary/aromatic N) is 2. The fourth-order valence-corrected chi connectivity index (χ4v) is 2.53. The molecule has 0 saturated carbocycles. The number of hydrogen-bond acceptors (Lipinski definition) is 3. The van der Waals surface area contributed by atoms with Gasteiger partial charge in [0, 0.05) is 43.9 Å². The Labute approximate surface area is 173 Å². The van der Waals surface area contributed by atoms with Crippen molar-refractivity contribution >= 4 is 29.9 Å². The third-order valence-corrected chi connectivity index (χ3v) is 4.17. The Hall–Kier alpha value is -1.83. The summed E-state index contributed by atoms with van der Waals surface area (Å²) in [5, 5.41) is 6.75. The first-order valence-electron chi connectivity index (χ1n) is 8.54. The van der Waals surface area contributed by atoms with Gasteiger partial charge in [-0.25, -0.2) is 0 Å². The quantitative estimate of drug-likeness (QED) is 0.372. The second kappa shape index (κ2) is 11.0. The number of ether oxygens (including phenoxy) is 1. The van der Waals surface area contributed by atoms with E-state index in [0.717, 1.165) is 36.9 Å². The third-order valence-electron chi connectivity index (χ3n) is 4.17. The van der Waals surface area contributed by atoms with Crippen LogP contribution < -0.4 is 15.4 Å². The van der Waals surface area contributed by atoms with Crippen LogP contribution in [0.25, 0.3) is 0 Å². The van der Waals surface area contributed by atoms with Gasteiger partial charge in [-0.2, -0.15) is 0 Å². The first-order valence-corrected chi connectivity index (χ1v) is 8.54. The zero-order valence-electron chi connectivity index (χ0n) is 16.0. The van der Waals surface area contributed by atoms with E-state index in [2.05, 4.69) is 46.6 Å². The maximum atomic E-state index is 5.33. The molecule has 26 heavy (non-hydrogen) atoms. The van der Waals surface area contributed by atoms with E-state index in [4.69, 9.17) is 4.74 Å². The molecule has 0 aliphatic rings. The van der Waals surface area contributed by atoms with E-state index in [-0.39, 0.29) is 29.4 Å². The van der Waals surface area contributed by atoms with E-state index < -0.39 is 0 Å². The van der Waals surface area contributed by atoms with Crippen LogP contribution in [0.5, 0.6) is 5.75 Å². The predicted octanol–water partition coefficient (Wildman–Crippen LogP) is 3.39. The number of benzene rings is 1. The predicted molar refractivity (Wildman–Crippen MR) is 119 cm³/mol. The minimum atomic E-state index is -0.0485. The van der Waals surface area contributed by atoms with Crippen molar-refractivity contribution in [2.24, 2.45) is 4.99 Å². The molecule has 2 rings (SSSR count). The highest BCUT2D eigenvalue weighted by Gasteiger charge is 2.21. The lowest BCUT2D eigenvalue weighted by Crippen LogP contribution is -2.44. The highest BCUT2D eigenvalue weighted by atomic mass is 127. The van der Waals surface area contributed by atoms with Gasteiger partial charge in [-0.3, -0.25) is 9.98 Å². The van der Waals surface area contributed by atoms with Gasteiger partial charge in [-0.1, -0.05) is 32.0 Å². The molecule has 0 bridgehead atoms. The number of halogens is 1. The van der Waals surface area contributed by atoms with Gasteiger partial charge in [0.2, 0.25) is 0 Å². The lowest BCUT2D eigenvalue weighted by Gasteiger charge is -2.27. The van der Waals surface area contributed by atoms with Crippen molar-refractivity contribution in [2.45, 2.75) is 25.7 Å². The number of rotatable bonds is 7. The normalized spacial score (nSPS) is 11.5. The monoisotopic (exact) mass is 468 g/mol. The maximum absolute atomic E-state index is 5.33. The second-order valence-corrected chi connectivity index (χ2v) is 6.54. The molecular formula is C20H29IN4O. The fraction of sp³-hybridized carbons (Fsp3) is 0.400. The Balaban J connectivity index is 0.00000338. The van der Waals surface area contributed by atoms with E-state index in [1.54, 1.807) is 14.2 Å².